The zero-order chi connectivity index (χ0) is 9.07. The number of allylic oxidation sites excluding steroid dienone is 1. The van der Waals surface area contributed by atoms with Gasteiger partial charge in [-0.15, -0.1) is 0 Å². The van der Waals surface area contributed by atoms with Gasteiger partial charge in [0.15, 0.2) is 0 Å². The number of hydrogen-bond donors (Lipinski definition) is 0. The lowest BCUT2D eigenvalue weighted by Crippen LogP contribution is -1.72. The molecule has 0 aromatic heterocycles. The van der Waals surface area contributed by atoms with Crippen molar-refractivity contribution >= 4 is 50.0 Å². The highest BCUT2D eigenvalue weighted by molar-refractivity contribution is 8.24. The fraction of sp³-hybridized carbons (Fsp3) is 0.200. The monoisotopic (exact) mass is 250 g/mol. The van der Waals surface area contributed by atoms with Crippen LogP contribution in [0.1, 0.15) is 6.92 Å². The summed E-state index contributed by atoms with van der Waals surface area (Å²) < 4.78 is 10.8. The molecule has 0 aromatic carbocycles. The zero-order valence-corrected chi connectivity index (χ0v) is 9.66. The molecule has 0 radical (unpaired) electrons. The van der Waals surface area contributed by atoms with E-state index in [-0.39, 0.29) is 0 Å². The van der Waals surface area contributed by atoms with Gasteiger partial charge in [0.25, 0.3) is 5.85 Å². The molecule has 0 aliphatic rings. The molecule has 6 heteroatoms. The molecule has 64 valence electrons. The van der Waals surface area contributed by atoms with Crippen molar-refractivity contribution in [2.45, 2.75) is 6.92 Å². The summed E-state index contributed by atoms with van der Waals surface area (Å²) in [5.41, 5.74) is 0.687. The summed E-state index contributed by atoms with van der Waals surface area (Å²) in [5, 5.41) is 0. The summed E-state index contributed by atoms with van der Waals surface area (Å²) in [6.45, 7) is 5.33. The molecule has 0 rings (SSSR count). The lowest BCUT2D eigenvalue weighted by molar-refractivity contribution is 0.597. The standard InChI is InChI=1S/C5H6Cl3OPS/c1-4(2)5(11-8)3-10(6,7)9/h3H,1H2,2H3/b5-3-. The summed E-state index contributed by atoms with van der Waals surface area (Å²) >= 11 is 10.6. The van der Waals surface area contributed by atoms with Gasteiger partial charge in [0, 0.05) is 10.7 Å². The maximum absolute atomic E-state index is 10.8. The molecule has 0 N–H and O–H groups in total. The third-order valence-corrected chi connectivity index (χ3v) is 3.22. The van der Waals surface area contributed by atoms with E-state index < -0.39 is 5.85 Å². The molecule has 0 saturated carbocycles. The van der Waals surface area contributed by atoms with Crippen LogP contribution >= 0.6 is 50.0 Å². The van der Waals surface area contributed by atoms with E-state index in [1.54, 1.807) is 6.92 Å². The van der Waals surface area contributed by atoms with Gasteiger partial charge in [0.05, 0.1) is 0 Å². The third kappa shape index (κ3) is 6.12. The topological polar surface area (TPSA) is 17.1 Å². The first-order valence-corrected chi connectivity index (χ1v) is 7.76. The molecular weight excluding hydrogens is 245 g/mol. The molecule has 1 nitrogen and oxygen atoms in total. The molecular formula is C5H6Cl3OPS. The molecule has 0 bridgehead atoms. The van der Waals surface area contributed by atoms with Crippen LogP contribution in [-0.4, -0.2) is 0 Å². The molecule has 0 unspecified atom stereocenters. The van der Waals surface area contributed by atoms with Crippen molar-refractivity contribution < 1.29 is 4.57 Å². The quantitative estimate of drug-likeness (QED) is 0.521. The van der Waals surface area contributed by atoms with Gasteiger partial charge in [0.2, 0.25) is 0 Å². The normalized spacial score (nSPS) is 13.3. The molecule has 0 aliphatic carbocycles. The Morgan fingerprint density at radius 3 is 2.18 bits per heavy atom. The smallest absolute Gasteiger partial charge is 0.276 e. The van der Waals surface area contributed by atoms with Gasteiger partial charge in [-0.3, -0.25) is 4.57 Å². The van der Waals surface area contributed by atoms with Crippen LogP contribution in [0.3, 0.4) is 0 Å². The minimum absolute atomic E-state index is 0.542. The van der Waals surface area contributed by atoms with Crippen molar-refractivity contribution in [3.8, 4) is 0 Å². The molecule has 0 atom stereocenters. The molecule has 11 heavy (non-hydrogen) atoms. The first-order valence-electron chi connectivity index (χ1n) is 2.53. The van der Waals surface area contributed by atoms with Crippen molar-refractivity contribution in [2.75, 3.05) is 0 Å². The van der Waals surface area contributed by atoms with E-state index in [0.29, 0.717) is 10.5 Å². The maximum Gasteiger partial charge on any atom is 0.276 e. The van der Waals surface area contributed by atoms with Crippen molar-refractivity contribution in [2.24, 2.45) is 0 Å². The van der Waals surface area contributed by atoms with Gasteiger partial charge in [0.1, 0.15) is 0 Å². The Morgan fingerprint density at radius 2 is 2.09 bits per heavy atom. The minimum atomic E-state index is -3.18. The van der Waals surface area contributed by atoms with E-state index in [4.69, 9.17) is 33.2 Å². The van der Waals surface area contributed by atoms with Crippen LogP contribution < -0.4 is 0 Å². The van der Waals surface area contributed by atoms with E-state index in [9.17, 15) is 4.57 Å². The Labute approximate surface area is 84.2 Å². The molecule has 0 amide bonds. The number of hydrogen-bond acceptors (Lipinski definition) is 2. The summed E-state index contributed by atoms with van der Waals surface area (Å²) in [7, 11) is 6.32. The Bertz CT molecular complexity index is 232. The van der Waals surface area contributed by atoms with Gasteiger partial charge < -0.3 is 0 Å². The van der Waals surface area contributed by atoms with Gasteiger partial charge in [-0.25, -0.2) is 0 Å². The van der Waals surface area contributed by atoms with Crippen molar-refractivity contribution in [1.29, 1.82) is 0 Å². The second-order valence-electron chi connectivity index (χ2n) is 1.85. The maximum atomic E-state index is 10.8. The number of halogens is 3. The van der Waals surface area contributed by atoms with Crippen LogP contribution in [0.5, 0.6) is 0 Å². The van der Waals surface area contributed by atoms with Crippen molar-refractivity contribution in [3.05, 3.63) is 22.9 Å². The van der Waals surface area contributed by atoms with Gasteiger partial charge in [-0.1, -0.05) is 6.58 Å². The van der Waals surface area contributed by atoms with Crippen LogP contribution in [0.4, 0.5) is 0 Å². The van der Waals surface area contributed by atoms with E-state index in [0.717, 1.165) is 11.0 Å². The Hall–Kier alpha value is 0.930. The third-order valence-electron chi connectivity index (χ3n) is 0.771. The first kappa shape index (κ1) is 11.9. The van der Waals surface area contributed by atoms with E-state index in [1.165, 1.54) is 5.82 Å². The predicted molar refractivity (Wildman–Crippen MR) is 55.7 cm³/mol. The average Bonchev–Trinajstić information content (AvgIpc) is 1.80. The van der Waals surface area contributed by atoms with Gasteiger partial charge in [-0.2, -0.15) is 0 Å². The lowest BCUT2D eigenvalue weighted by atomic mass is 10.3. The molecule has 0 aliphatic heterocycles. The second kappa shape index (κ2) is 4.84. The highest BCUT2D eigenvalue weighted by atomic mass is 35.9. The van der Waals surface area contributed by atoms with Crippen LogP contribution in [-0.2, 0) is 4.57 Å². The molecule has 0 saturated heterocycles. The van der Waals surface area contributed by atoms with E-state index in [2.05, 4.69) is 6.58 Å². The highest BCUT2D eigenvalue weighted by Crippen LogP contribution is 2.60. The SMILES string of the molecule is C=C(C)/C(=C/P(=O)(Cl)Cl)SCl. The summed E-state index contributed by atoms with van der Waals surface area (Å²) in [6, 6.07) is 0. The highest BCUT2D eigenvalue weighted by Gasteiger charge is 2.11. The summed E-state index contributed by atoms with van der Waals surface area (Å²) in [4.78, 5) is 0.542. The van der Waals surface area contributed by atoms with Crippen LogP contribution in [0.2, 0.25) is 0 Å². The average molecular weight is 252 g/mol. The predicted octanol–water partition coefficient (Wildman–Crippen LogP) is 4.96. The minimum Gasteiger partial charge on any atom is -0.285 e. The van der Waals surface area contributed by atoms with E-state index >= 15 is 0 Å². The fourth-order valence-corrected chi connectivity index (χ4v) is 3.25. The van der Waals surface area contributed by atoms with Crippen LogP contribution in [0, 0.1) is 0 Å². The van der Waals surface area contributed by atoms with Gasteiger partial charge >= 0.3 is 0 Å². The Morgan fingerprint density at radius 1 is 1.64 bits per heavy atom. The zero-order valence-electron chi connectivity index (χ0n) is 5.68. The Balaban J connectivity index is 4.64. The first-order chi connectivity index (χ1) is 4.87. The van der Waals surface area contributed by atoms with E-state index in [1.807, 2.05) is 0 Å². The number of rotatable bonds is 3. The summed E-state index contributed by atoms with van der Waals surface area (Å²) in [6.07, 6.45) is 0. The largest absolute Gasteiger partial charge is 0.285 e. The lowest BCUT2D eigenvalue weighted by Gasteiger charge is -2.00. The van der Waals surface area contributed by atoms with Crippen molar-refractivity contribution in [3.63, 3.8) is 0 Å². The van der Waals surface area contributed by atoms with Crippen LogP contribution in [0.15, 0.2) is 22.9 Å². The molecule has 0 heterocycles. The van der Waals surface area contributed by atoms with Gasteiger partial charge in [-0.05, 0) is 56.6 Å². The van der Waals surface area contributed by atoms with Crippen molar-refractivity contribution in [1.82, 2.24) is 0 Å². The second-order valence-corrected chi connectivity index (χ2v) is 7.71. The summed E-state index contributed by atoms with van der Waals surface area (Å²) in [5.74, 6) is -1.96. The Kier molecular flexibility index (Phi) is 5.24. The molecule has 0 fully saturated rings. The fourth-order valence-electron chi connectivity index (χ4n) is 0.332. The molecule has 0 aromatic rings. The van der Waals surface area contributed by atoms with Crippen LogP contribution in [0.25, 0.3) is 0 Å². The molecule has 0 spiro atoms.